The van der Waals surface area contributed by atoms with Crippen LogP contribution in [-0.4, -0.2) is 17.9 Å². The van der Waals surface area contributed by atoms with Gasteiger partial charge >= 0.3 is 0 Å². The van der Waals surface area contributed by atoms with Gasteiger partial charge in [-0.3, -0.25) is 5.43 Å². The smallest absolute Gasteiger partial charge is 0.187 e. The van der Waals surface area contributed by atoms with Gasteiger partial charge < -0.3 is 5.32 Å². The molecule has 0 saturated heterocycles. The van der Waals surface area contributed by atoms with E-state index in [1.54, 1.807) is 12.3 Å². The monoisotopic (exact) mass is 247 g/mol. The number of hydrazone groups is 1. The van der Waals surface area contributed by atoms with Crippen LogP contribution in [0.15, 0.2) is 42.0 Å². The summed E-state index contributed by atoms with van der Waals surface area (Å²) in [6.07, 6.45) is 4.52. The number of thiocarbonyl (C=S) groups is 1. The minimum absolute atomic E-state index is 0.492. The summed E-state index contributed by atoms with van der Waals surface area (Å²) in [6.45, 7) is 6.35. The van der Waals surface area contributed by atoms with Gasteiger partial charge in [0, 0.05) is 6.54 Å². The number of aryl methyl sites for hydroxylation is 1. The highest BCUT2D eigenvalue weighted by Gasteiger charge is 1.91. The molecule has 0 spiro atoms. The molecule has 1 aromatic carbocycles. The van der Waals surface area contributed by atoms with E-state index in [4.69, 9.17) is 12.2 Å². The van der Waals surface area contributed by atoms with Crippen LogP contribution in [0.2, 0.25) is 0 Å². The largest absolute Gasteiger partial charge is 0.358 e. The molecule has 0 heterocycles. The summed E-state index contributed by atoms with van der Waals surface area (Å²) in [6, 6.07) is 8.25. The van der Waals surface area contributed by atoms with Crippen molar-refractivity contribution in [2.24, 2.45) is 5.10 Å². The number of hydrogen-bond donors (Lipinski definition) is 2. The van der Waals surface area contributed by atoms with Gasteiger partial charge in [-0.2, -0.15) is 5.10 Å². The van der Waals surface area contributed by atoms with Gasteiger partial charge in [0.15, 0.2) is 5.11 Å². The van der Waals surface area contributed by atoms with Gasteiger partial charge in [-0.15, -0.1) is 6.58 Å². The van der Waals surface area contributed by atoms with E-state index in [2.05, 4.69) is 41.5 Å². The Hall–Kier alpha value is -1.68. The van der Waals surface area contributed by atoms with Crippen LogP contribution < -0.4 is 10.7 Å². The molecule has 0 bridgehead atoms. The van der Waals surface area contributed by atoms with E-state index in [1.807, 2.05) is 12.1 Å². The van der Waals surface area contributed by atoms with Gasteiger partial charge in [-0.1, -0.05) is 37.3 Å². The Morgan fingerprint density at radius 3 is 2.71 bits per heavy atom. The lowest BCUT2D eigenvalue weighted by molar-refractivity contribution is 0.941. The van der Waals surface area contributed by atoms with E-state index in [9.17, 15) is 0 Å². The van der Waals surface area contributed by atoms with Crippen LogP contribution in [0.5, 0.6) is 0 Å². The predicted octanol–water partition coefficient (Wildman–Crippen LogP) is 2.23. The SMILES string of the molecule is C=CCNC(=S)NN=Cc1ccc(CC)cc1. The zero-order valence-corrected chi connectivity index (χ0v) is 10.8. The van der Waals surface area contributed by atoms with Crippen LogP contribution in [0.4, 0.5) is 0 Å². The zero-order chi connectivity index (χ0) is 12.5. The first-order valence-corrected chi connectivity index (χ1v) is 5.93. The topological polar surface area (TPSA) is 36.4 Å². The van der Waals surface area contributed by atoms with E-state index in [-0.39, 0.29) is 0 Å². The molecule has 0 unspecified atom stereocenters. The Bertz CT molecular complexity index is 396. The summed E-state index contributed by atoms with van der Waals surface area (Å²) in [5, 5.41) is 7.45. The first-order chi connectivity index (χ1) is 8.26. The summed E-state index contributed by atoms with van der Waals surface area (Å²) in [7, 11) is 0. The van der Waals surface area contributed by atoms with Crippen molar-refractivity contribution >= 4 is 23.5 Å². The number of nitrogens with zero attached hydrogens (tertiary/aromatic N) is 1. The Labute approximate surface area is 108 Å². The van der Waals surface area contributed by atoms with Crippen molar-refractivity contribution in [2.45, 2.75) is 13.3 Å². The van der Waals surface area contributed by atoms with Crippen molar-refractivity contribution < 1.29 is 0 Å². The van der Waals surface area contributed by atoms with Crippen LogP contribution in [0.1, 0.15) is 18.1 Å². The quantitative estimate of drug-likeness (QED) is 0.362. The zero-order valence-electron chi connectivity index (χ0n) is 9.94. The average Bonchev–Trinajstić information content (AvgIpc) is 2.37. The molecule has 0 amide bonds. The highest BCUT2D eigenvalue weighted by Crippen LogP contribution is 2.02. The first kappa shape index (κ1) is 13.4. The van der Waals surface area contributed by atoms with Crippen molar-refractivity contribution in [3.8, 4) is 0 Å². The number of nitrogens with one attached hydrogen (secondary N) is 2. The summed E-state index contributed by atoms with van der Waals surface area (Å²) in [5.41, 5.74) is 5.10. The van der Waals surface area contributed by atoms with Crippen molar-refractivity contribution in [2.75, 3.05) is 6.54 Å². The van der Waals surface area contributed by atoms with Crippen molar-refractivity contribution in [1.29, 1.82) is 0 Å². The fraction of sp³-hybridized carbons (Fsp3) is 0.231. The van der Waals surface area contributed by atoms with Gasteiger partial charge in [0.25, 0.3) is 0 Å². The van der Waals surface area contributed by atoms with E-state index in [0.29, 0.717) is 11.7 Å². The molecular weight excluding hydrogens is 230 g/mol. The molecular formula is C13H17N3S. The Kier molecular flexibility index (Phi) is 5.96. The van der Waals surface area contributed by atoms with Gasteiger partial charge in [0.1, 0.15) is 0 Å². The minimum Gasteiger partial charge on any atom is -0.358 e. The maximum absolute atomic E-state index is 4.99. The maximum atomic E-state index is 4.99. The first-order valence-electron chi connectivity index (χ1n) is 5.53. The van der Waals surface area contributed by atoms with Gasteiger partial charge in [-0.25, -0.2) is 0 Å². The van der Waals surface area contributed by atoms with Crippen molar-refractivity contribution in [3.63, 3.8) is 0 Å². The highest BCUT2D eigenvalue weighted by molar-refractivity contribution is 7.80. The predicted molar refractivity (Wildman–Crippen MR) is 77.3 cm³/mol. The second kappa shape index (κ2) is 7.57. The molecule has 0 aliphatic rings. The molecule has 3 nitrogen and oxygen atoms in total. The lowest BCUT2D eigenvalue weighted by atomic mass is 10.1. The van der Waals surface area contributed by atoms with E-state index < -0.39 is 0 Å². The Morgan fingerprint density at radius 1 is 1.41 bits per heavy atom. The lowest BCUT2D eigenvalue weighted by Gasteiger charge is -2.03. The molecule has 1 rings (SSSR count). The summed E-state index contributed by atoms with van der Waals surface area (Å²) in [5.74, 6) is 0. The van der Waals surface area contributed by atoms with Crippen LogP contribution in [-0.2, 0) is 6.42 Å². The maximum Gasteiger partial charge on any atom is 0.187 e. The van der Waals surface area contributed by atoms with E-state index in [0.717, 1.165) is 12.0 Å². The lowest BCUT2D eigenvalue weighted by Crippen LogP contribution is -2.31. The minimum atomic E-state index is 0.492. The Balaban J connectivity index is 2.42. The third-order valence-electron chi connectivity index (χ3n) is 2.17. The van der Waals surface area contributed by atoms with Crippen molar-refractivity contribution in [1.82, 2.24) is 10.7 Å². The second-order valence-electron chi connectivity index (χ2n) is 3.46. The molecule has 0 aliphatic heterocycles. The standard InChI is InChI=1S/C13H17N3S/c1-3-9-14-13(17)16-15-10-12-7-5-11(4-2)6-8-12/h3,5-8,10H,1,4,9H2,2H3,(H2,14,16,17). The third-order valence-corrected chi connectivity index (χ3v) is 2.41. The molecule has 1 aromatic rings. The normalized spacial score (nSPS) is 10.2. The molecule has 0 fully saturated rings. The van der Waals surface area contributed by atoms with Crippen LogP contribution in [0.25, 0.3) is 0 Å². The molecule has 0 atom stereocenters. The molecule has 2 N–H and O–H groups in total. The molecule has 0 radical (unpaired) electrons. The summed E-state index contributed by atoms with van der Waals surface area (Å²) in [4.78, 5) is 0. The molecule has 0 saturated carbocycles. The van der Waals surface area contributed by atoms with Gasteiger partial charge in [0.05, 0.1) is 6.21 Å². The van der Waals surface area contributed by atoms with Gasteiger partial charge in [0.2, 0.25) is 0 Å². The van der Waals surface area contributed by atoms with Crippen LogP contribution >= 0.6 is 12.2 Å². The number of hydrogen-bond acceptors (Lipinski definition) is 2. The average molecular weight is 247 g/mol. The number of rotatable bonds is 5. The van der Waals surface area contributed by atoms with Crippen LogP contribution in [0.3, 0.4) is 0 Å². The third kappa shape index (κ3) is 5.26. The fourth-order valence-corrected chi connectivity index (χ4v) is 1.35. The molecule has 0 aromatic heterocycles. The van der Waals surface area contributed by atoms with Crippen LogP contribution in [0, 0.1) is 0 Å². The Morgan fingerprint density at radius 2 is 2.12 bits per heavy atom. The summed E-state index contributed by atoms with van der Waals surface area (Å²) >= 11 is 4.99. The summed E-state index contributed by atoms with van der Waals surface area (Å²) < 4.78 is 0. The molecule has 4 heteroatoms. The fourth-order valence-electron chi connectivity index (χ4n) is 1.21. The van der Waals surface area contributed by atoms with E-state index >= 15 is 0 Å². The molecule has 17 heavy (non-hydrogen) atoms. The number of benzene rings is 1. The molecule has 0 aliphatic carbocycles. The second-order valence-corrected chi connectivity index (χ2v) is 3.87. The van der Waals surface area contributed by atoms with E-state index in [1.165, 1.54) is 5.56 Å². The molecule has 90 valence electrons. The highest BCUT2D eigenvalue weighted by atomic mass is 32.1. The van der Waals surface area contributed by atoms with Crippen molar-refractivity contribution in [3.05, 3.63) is 48.0 Å². The van der Waals surface area contributed by atoms with Gasteiger partial charge in [-0.05, 0) is 29.8 Å².